The zero-order valence-corrected chi connectivity index (χ0v) is 16.5. The number of H-pyrrole nitrogens is 1. The van der Waals surface area contributed by atoms with Gasteiger partial charge in [0.2, 0.25) is 5.91 Å². The summed E-state index contributed by atoms with van der Waals surface area (Å²) in [5.41, 5.74) is 2.21. The number of rotatable bonds is 5. The molecule has 2 heterocycles. The molecule has 3 aromatic rings. The molecule has 1 aliphatic heterocycles. The lowest BCUT2D eigenvalue weighted by Crippen LogP contribution is -2.48. The molecule has 1 amide bonds. The minimum Gasteiger partial charge on any atom is -0.349 e. The number of nitrogens with one attached hydrogen (secondary N) is 1. The molecule has 0 unspecified atom stereocenters. The van der Waals surface area contributed by atoms with E-state index in [-0.39, 0.29) is 5.91 Å². The Hall–Kier alpha value is -2.24. The van der Waals surface area contributed by atoms with Crippen LogP contribution < -0.4 is 0 Å². The Morgan fingerprint density at radius 3 is 2.44 bits per heavy atom. The molecule has 0 radical (unpaired) electrons. The van der Waals surface area contributed by atoms with Gasteiger partial charge in [0.05, 0.1) is 11.4 Å². The average Bonchev–Trinajstić information content (AvgIpc) is 3.06. The van der Waals surface area contributed by atoms with E-state index >= 15 is 0 Å². The smallest absolute Gasteiger partial charge is 0.227 e. The summed E-state index contributed by atoms with van der Waals surface area (Å²) in [5, 5.41) is 2.22. The van der Waals surface area contributed by atoms with Gasteiger partial charge >= 0.3 is 0 Å². The van der Waals surface area contributed by atoms with Crippen LogP contribution in [0, 0.1) is 0 Å². The summed E-state index contributed by atoms with van der Waals surface area (Å²) in [6, 6.07) is 18.6. The van der Waals surface area contributed by atoms with Crippen LogP contribution >= 0.6 is 11.8 Å². The standard InChI is InChI=1S/C22H25N3OS/c1-2-24-12-14-25(15-13-24)21(26)16-19-18-10-6-7-11-20(18)23-22(19)27-17-8-4-3-5-9-17/h3-11,23H,2,12-16H2,1H3. The van der Waals surface area contributed by atoms with E-state index in [4.69, 9.17) is 0 Å². The summed E-state index contributed by atoms with van der Waals surface area (Å²) < 4.78 is 0. The molecule has 1 N–H and O–H groups in total. The van der Waals surface area contributed by atoms with E-state index < -0.39 is 0 Å². The van der Waals surface area contributed by atoms with Crippen molar-refractivity contribution in [3.8, 4) is 0 Å². The minimum absolute atomic E-state index is 0.227. The van der Waals surface area contributed by atoms with Crippen molar-refractivity contribution in [2.45, 2.75) is 23.3 Å². The number of benzene rings is 2. The number of hydrogen-bond donors (Lipinski definition) is 1. The molecule has 0 atom stereocenters. The summed E-state index contributed by atoms with van der Waals surface area (Å²) in [5.74, 6) is 0.227. The fourth-order valence-corrected chi connectivity index (χ4v) is 4.62. The Morgan fingerprint density at radius 1 is 1.00 bits per heavy atom. The number of carbonyl (C=O) groups is 1. The summed E-state index contributed by atoms with van der Waals surface area (Å²) in [4.78, 5) is 22.1. The molecule has 1 fully saturated rings. The maximum Gasteiger partial charge on any atom is 0.227 e. The van der Waals surface area contributed by atoms with Crippen LogP contribution in [0.3, 0.4) is 0 Å². The number of amides is 1. The predicted molar refractivity (Wildman–Crippen MR) is 111 cm³/mol. The third-order valence-electron chi connectivity index (χ3n) is 5.24. The lowest BCUT2D eigenvalue weighted by atomic mass is 10.1. The predicted octanol–water partition coefficient (Wildman–Crippen LogP) is 4.03. The number of fused-ring (bicyclic) bond motifs is 1. The number of hydrogen-bond acceptors (Lipinski definition) is 3. The maximum atomic E-state index is 13.0. The van der Waals surface area contributed by atoms with Crippen molar-refractivity contribution in [1.29, 1.82) is 0 Å². The highest BCUT2D eigenvalue weighted by Crippen LogP contribution is 2.34. The normalized spacial score (nSPS) is 15.4. The number of piperazine rings is 1. The van der Waals surface area contributed by atoms with Crippen molar-refractivity contribution in [2.75, 3.05) is 32.7 Å². The number of para-hydroxylation sites is 1. The lowest BCUT2D eigenvalue weighted by Gasteiger charge is -2.34. The van der Waals surface area contributed by atoms with Gasteiger partial charge in [-0.15, -0.1) is 0 Å². The van der Waals surface area contributed by atoms with Crippen molar-refractivity contribution in [3.63, 3.8) is 0 Å². The van der Waals surface area contributed by atoms with E-state index in [1.165, 1.54) is 4.90 Å². The van der Waals surface area contributed by atoms with Crippen LogP contribution in [-0.2, 0) is 11.2 Å². The molecule has 0 bridgehead atoms. The second kappa shape index (κ2) is 8.19. The number of carbonyl (C=O) groups excluding carboxylic acids is 1. The summed E-state index contributed by atoms with van der Waals surface area (Å²) in [6.45, 7) is 6.84. The fourth-order valence-electron chi connectivity index (χ4n) is 3.62. The fraction of sp³-hybridized carbons (Fsp3) is 0.318. The Balaban J connectivity index is 1.58. The molecule has 0 saturated carbocycles. The minimum atomic E-state index is 0.227. The molecule has 4 rings (SSSR count). The molecule has 1 aliphatic rings. The van der Waals surface area contributed by atoms with Gasteiger partial charge in [-0.2, -0.15) is 0 Å². The molecule has 0 aliphatic carbocycles. The van der Waals surface area contributed by atoms with E-state index in [0.29, 0.717) is 6.42 Å². The van der Waals surface area contributed by atoms with Crippen molar-refractivity contribution in [1.82, 2.24) is 14.8 Å². The summed E-state index contributed by atoms with van der Waals surface area (Å²) in [6.07, 6.45) is 0.450. The highest BCUT2D eigenvalue weighted by Gasteiger charge is 2.23. The van der Waals surface area contributed by atoms with Crippen LogP contribution in [0.2, 0.25) is 0 Å². The van der Waals surface area contributed by atoms with E-state index in [9.17, 15) is 4.79 Å². The summed E-state index contributed by atoms with van der Waals surface area (Å²) >= 11 is 1.70. The zero-order chi connectivity index (χ0) is 18.6. The number of likely N-dealkylation sites (N-methyl/N-ethyl adjacent to an activating group) is 1. The van der Waals surface area contributed by atoms with E-state index in [1.54, 1.807) is 11.8 Å². The molecule has 5 heteroatoms. The first kappa shape index (κ1) is 18.1. The second-order valence-electron chi connectivity index (χ2n) is 6.89. The third kappa shape index (κ3) is 4.04. The van der Waals surface area contributed by atoms with Crippen LogP contribution in [0.1, 0.15) is 12.5 Å². The number of aromatic nitrogens is 1. The van der Waals surface area contributed by atoms with Gasteiger partial charge in [0.1, 0.15) is 0 Å². The van der Waals surface area contributed by atoms with Gasteiger partial charge in [-0.1, -0.05) is 55.1 Å². The lowest BCUT2D eigenvalue weighted by molar-refractivity contribution is -0.132. The van der Waals surface area contributed by atoms with Crippen molar-refractivity contribution in [3.05, 3.63) is 60.2 Å². The Morgan fingerprint density at radius 2 is 1.70 bits per heavy atom. The van der Waals surface area contributed by atoms with Crippen molar-refractivity contribution in [2.24, 2.45) is 0 Å². The largest absolute Gasteiger partial charge is 0.349 e. The van der Waals surface area contributed by atoms with E-state index in [2.05, 4.69) is 41.1 Å². The second-order valence-corrected chi connectivity index (χ2v) is 7.97. The molecule has 1 aromatic heterocycles. The van der Waals surface area contributed by atoms with Crippen LogP contribution in [-0.4, -0.2) is 53.4 Å². The van der Waals surface area contributed by atoms with Gasteiger partial charge < -0.3 is 14.8 Å². The van der Waals surface area contributed by atoms with E-state index in [1.807, 2.05) is 35.2 Å². The Kier molecular flexibility index (Phi) is 5.50. The van der Waals surface area contributed by atoms with E-state index in [0.717, 1.165) is 54.2 Å². The molecule has 27 heavy (non-hydrogen) atoms. The van der Waals surface area contributed by atoms with Crippen molar-refractivity contribution >= 4 is 28.6 Å². The van der Waals surface area contributed by atoms with Gasteiger partial charge in [-0.05, 0) is 24.7 Å². The first-order valence-corrected chi connectivity index (χ1v) is 10.4. The topological polar surface area (TPSA) is 39.3 Å². The van der Waals surface area contributed by atoms with Crippen LogP contribution in [0.5, 0.6) is 0 Å². The molecule has 1 saturated heterocycles. The molecular weight excluding hydrogens is 354 g/mol. The quantitative estimate of drug-likeness (QED) is 0.728. The molecule has 140 valence electrons. The monoisotopic (exact) mass is 379 g/mol. The molecule has 4 nitrogen and oxygen atoms in total. The van der Waals surface area contributed by atoms with Gasteiger partial charge in [-0.25, -0.2) is 0 Å². The Bertz CT molecular complexity index is 914. The molecule has 2 aromatic carbocycles. The zero-order valence-electron chi connectivity index (χ0n) is 15.6. The highest BCUT2D eigenvalue weighted by molar-refractivity contribution is 7.99. The van der Waals surface area contributed by atoms with Crippen LogP contribution in [0.4, 0.5) is 0 Å². The van der Waals surface area contributed by atoms with Crippen molar-refractivity contribution < 1.29 is 4.79 Å². The van der Waals surface area contributed by atoms with Gasteiger partial charge in [0.15, 0.2) is 0 Å². The van der Waals surface area contributed by atoms with Crippen LogP contribution in [0.25, 0.3) is 10.9 Å². The van der Waals surface area contributed by atoms with Crippen LogP contribution in [0.15, 0.2) is 64.5 Å². The summed E-state index contributed by atoms with van der Waals surface area (Å²) in [7, 11) is 0. The third-order valence-corrected chi connectivity index (χ3v) is 6.30. The molecular formula is C22H25N3OS. The van der Waals surface area contributed by atoms with Gasteiger partial charge in [0.25, 0.3) is 0 Å². The average molecular weight is 380 g/mol. The van der Waals surface area contributed by atoms with Gasteiger partial charge in [-0.3, -0.25) is 4.79 Å². The molecule has 0 spiro atoms. The SMILES string of the molecule is CCN1CCN(C(=O)Cc2c(Sc3ccccc3)[nH]c3ccccc23)CC1. The number of aromatic amines is 1. The maximum absolute atomic E-state index is 13.0. The van der Waals surface area contributed by atoms with Gasteiger partial charge in [0, 0.05) is 47.5 Å². The first-order chi connectivity index (χ1) is 13.2. The number of nitrogens with zero attached hydrogens (tertiary/aromatic N) is 2. The Labute approximate surface area is 164 Å². The highest BCUT2D eigenvalue weighted by atomic mass is 32.2. The first-order valence-electron chi connectivity index (χ1n) is 9.57.